The molecule has 2 aromatic heterocycles. The molecule has 1 saturated heterocycles. The Morgan fingerprint density at radius 2 is 1.83 bits per heavy atom. The zero-order valence-electron chi connectivity index (χ0n) is 13.3. The highest BCUT2D eigenvalue weighted by molar-refractivity contribution is 5.67. The lowest BCUT2D eigenvalue weighted by Gasteiger charge is -2.18. The van der Waals surface area contributed by atoms with Gasteiger partial charge in [0.1, 0.15) is 5.82 Å². The molecule has 24 heavy (non-hydrogen) atoms. The van der Waals surface area contributed by atoms with Gasteiger partial charge < -0.3 is 10.6 Å². The summed E-state index contributed by atoms with van der Waals surface area (Å²) < 4.78 is 0. The van der Waals surface area contributed by atoms with E-state index in [1.807, 2.05) is 54.7 Å². The van der Waals surface area contributed by atoms with Crippen LogP contribution in [0.15, 0.2) is 60.9 Å². The maximum Gasteiger partial charge on any atom is 0.162 e. The lowest BCUT2D eigenvalue weighted by Crippen LogP contribution is -2.27. The van der Waals surface area contributed by atoms with Crippen LogP contribution in [-0.4, -0.2) is 34.1 Å². The van der Waals surface area contributed by atoms with Gasteiger partial charge in [0.05, 0.1) is 5.69 Å². The summed E-state index contributed by atoms with van der Waals surface area (Å²) in [4.78, 5) is 16.0. The van der Waals surface area contributed by atoms with Crippen molar-refractivity contribution in [1.29, 1.82) is 0 Å². The van der Waals surface area contributed by atoms with Crippen LogP contribution < -0.4 is 10.6 Å². The molecular formula is C19H19N5. The second-order valence-electron chi connectivity index (χ2n) is 6.04. The molecule has 4 rings (SSSR count). The van der Waals surface area contributed by atoms with Crippen LogP contribution in [0.2, 0.25) is 0 Å². The molecule has 3 heterocycles. The summed E-state index contributed by atoms with van der Waals surface area (Å²) in [6.07, 6.45) is 4.59. The second kappa shape index (κ2) is 6.37. The Hall–Kier alpha value is -2.79. The molecule has 0 aliphatic carbocycles. The maximum atomic E-state index is 6.07. The van der Waals surface area contributed by atoms with E-state index in [2.05, 4.69) is 9.88 Å². The molecule has 1 fully saturated rings. The predicted octanol–water partition coefficient (Wildman–Crippen LogP) is 2.74. The van der Waals surface area contributed by atoms with Crippen molar-refractivity contribution in [2.45, 2.75) is 12.5 Å². The summed E-state index contributed by atoms with van der Waals surface area (Å²) in [6.45, 7) is 1.76. The van der Waals surface area contributed by atoms with Gasteiger partial charge in [0, 0.05) is 48.7 Å². The fourth-order valence-electron chi connectivity index (χ4n) is 2.97. The van der Waals surface area contributed by atoms with Crippen LogP contribution in [0.4, 0.5) is 5.82 Å². The van der Waals surface area contributed by atoms with Crippen molar-refractivity contribution >= 4 is 5.82 Å². The number of anilines is 1. The Bertz CT molecular complexity index is 762. The molecule has 2 N–H and O–H groups in total. The van der Waals surface area contributed by atoms with Gasteiger partial charge in [-0.1, -0.05) is 30.3 Å². The highest BCUT2D eigenvalue weighted by atomic mass is 15.2. The van der Waals surface area contributed by atoms with Crippen molar-refractivity contribution in [3.05, 3.63) is 60.9 Å². The number of hydrogen-bond donors (Lipinski definition) is 1. The lowest BCUT2D eigenvalue weighted by atomic mass is 10.1. The molecule has 0 amide bonds. The van der Waals surface area contributed by atoms with Crippen LogP contribution in [0.5, 0.6) is 0 Å². The molecule has 1 aliphatic heterocycles. The van der Waals surface area contributed by atoms with E-state index < -0.39 is 0 Å². The molecule has 1 atom stereocenters. The van der Waals surface area contributed by atoms with Gasteiger partial charge in [0.25, 0.3) is 0 Å². The highest BCUT2D eigenvalue weighted by Crippen LogP contribution is 2.27. The standard InChI is InChI=1S/C19H19N5/c20-16-8-10-24(13-16)18-11-17(15-7-4-9-21-12-15)22-19(23-18)14-5-2-1-3-6-14/h1-7,9,11-12,16H,8,10,13,20H2. The van der Waals surface area contributed by atoms with E-state index in [4.69, 9.17) is 15.7 Å². The fourth-order valence-corrected chi connectivity index (χ4v) is 2.97. The molecule has 5 heteroatoms. The number of benzene rings is 1. The quantitative estimate of drug-likeness (QED) is 0.804. The third-order valence-electron chi connectivity index (χ3n) is 4.25. The molecular weight excluding hydrogens is 298 g/mol. The molecule has 5 nitrogen and oxygen atoms in total. The summed E-state index contributed by atoms with van der Waals surface area (Å²) in [7, 11) is 0. The third kappa shape index (κ3) is 2.98. The average molecular weight is 317 g/mol. The van der Waals surface area contributed by atoms with Crippen LogP contribution >= 0.6 is 0 Å². The van der Waals surface area contributed by atoms with Gasteiger partial charge in [0.15, 0.2) is 5.82 Å². The second-order valence-corrected chi connectivity index (χ2v) is 6.04. The Morgan fingerprint density at radius 3 is 2.54 bits per heavy atom. The van der Waals surface area contributed by atoms with E-state index in [0.29, 0.717) is 0 Å². The topological polar surface area (TPSA) is 67.9 Å². The van der Waals surface area contributed by atoms with Crippen molar-refractivity contribution in [1.82, 2.24) is 15.0 Å². The first-order chi connectivity index (χ1) is 11.8. The Kier molecular flexibility index (Phi) is 3.92. The van der Waals surface area contributed by atoms with Crippen LogP contribution in [0.1, 0.15) is 6.42 Å². The molecule has 0 bridgehead atoms. The average Bonchev–Trinajstić information content (AvgIpc) is 3.09. The number of pyridine rings is 1. The third-order valence-corrected chi connectivity index (χ3v) is 4.25. The molecule has 1 aromatic carbocycles. The minimum Gasteiger partial charge on any atom is -0.355 e. The molecule has 1 aliphatic rings. The van der Waals surface area contributed by atoms with Gasteiger partial charge in [-0.2, -0.15) is 0 Å². The summed E-state index contributed by atoms with van der Waals surface area (Å²) in [5, 5.41) is 0. The zero-order chi connectivity index (χ0) is 16.4. The van der Waals surface area contributed by atoms with Gasteiger partial charge >= 0.3 is 0 Å². The van der Waals surface area contributed by atoms with Crippen molar-refractivity contribution in [3.63, 3.8) is 0 Å². The highest BCUT2D eigenvalue weighted by Gasteiger charge is 2.22. The molecule has 1 unspecified atom stereocenters. The molecule has 0 saturated carbocycles. The molecule has 0 radical (unpaired) electrons. The first kappa shape index (κ1) is 14.8. The van der Waals surface area contributed by atoms with E-state index in [0.717, 1.165) is 48.0 Å². The monoisotopic (exact) mass is 317 g/mol. The van der Waals surface area contributed by atoms with E-state index in [1.165, 1.54) is 0 Å². The van der Waals surface area contributed by atoms with E-state index >= 15 is 0 Å². The minimum atomic E-state index is 0.210. The largest absolute Gasteiger partial charge is 0.355 e. The minimum absolute atomic E-state index is 0.210. The summed E-state index contributed by atoms with van der Waals surface area (Å²) in [6, 6.07) is 16.2. The van der Waals surface area contributed by atoms with Crippen molar-refractivity contribution < 1.29 is 0 Å². The Labute approximate surface area is 141 Å². The van der Waals surface area contributed by atoms with Gasteiger partial charge in [-0.3, -0.25) is 4.98 Å². The van der Waals surface area contributed by atoms with E-state index in [1.54, 1.807) is 6.20 Å². The van der Waals surface area contributed by atoms with E-state index in [9.17, 15) is 0 Å². The smallest absolute Gasteiger partial charge is 0.162 e. The van der Waals surface area contributed by atoms with Crippen molar-refractivity contribution in [3.8, 4) is 22.6 Å². The summed E-state index contributed by atoms with van der Waals surface area (Å²) in [5.74, 6) is 1.66. The normalized spacial score (nSPS) is 17.2. The van der Waals surface area contributed by atoms with Crippen LogP contribution in [0.3, 0.4) is 0 Å². The van der Waals surface area contributed by atoms with E-state index in [-0.39, 0.29) is 6.04 Å². The molecule has 0 spiro atoms. The number of nitrogens with zero attached hydrogens (tertiary/aromatic N) is 4. The predicted molar refractivity (Wildman–Crippen MR) is 95.5 cm³/mol. The van der Waals surface area contributed by atoms with Crippen LogP contribution in [-0.2, 0) is 0 Å². The van der Waals surface area contributed by atoms with Crippen molar-refractivity contribution in [2.24, 2.45) is 5.73 Å². The number of rotatable bonds is 3. The lowest BCUT2D eigenvalue weighted by molar-refractivity contribution is 0.751. The van der Waals surface area contributed by atoms with Crippen molar-refractivity contribution in [2.75, 3.05) is 18.0 Å². The molecule has 120 valence electrons. The van der Waals surface area contributed by atoms with Gasteiger partial charge in [-0.15, -0.1) is 0 Å². The van der Waals surface area contributed by atoms with Gasteiger partial charge in [-0.25, -0.2) is 9.97 Å². The van der Waals surface area contributed by atoms with Gasteiger partial charge in [-0.05, 0) is 18.6 Å². The SMILES string of the molecule is NC1CCN(c2cc(-c3cccnc3)nc(-c3ccccc3)n2)C1. The fraction of sp³-hybridized carbons (Fsp3) is 0.211. The van der Waals surface area contributed by atoms with Gasteiger partial charge in [0.2, 0.25) is 0 Å². The summed E-state index contributed by atoms with van der Waals surface area (Å²) in [5.41, 5.74) is 8.94. The number of nitrogens with two attached hydrogens (primary N) is 1. The van der Waals surface area contributed by atoms with Crippen LogP contribution in [0, 0.1) is 0 Å². The summed E-state index contributed by atoms with van der Waals surface area (Å²) >= 11 is 0. The number of hydrogen-bond acceptors (Lipinski definition) is 5. The molecule has 3 aromatic rings. The first-order valence-electron chi connectivity index (χ1n) is 8.15. The first-order valence-corrected chi connectivity index (χ1v) is 8.15. The Morgan fingerprint density at radius 1 is 1.00 bits per heavy atom. The van der Waals surface area contributed by atoms with Crippen LogP contribution in [0.25, 0.3) is 22.6 Å². The maximum absolute atomic E-state index is 6.07. The number of aromatic nitrogens is 3. The Balaban J connectivity index is 1.82. The zero-order valence-corrected chi connectivity index (χ0v) is 13.3.